The van der Waals surface area contributed by atoms with Gasteiger partial charge in [-0.15, -0.1) is 0 Å². The van der Waals surface area contributed by atoms with Crippen LogP contribution in [0.15, 0.2) is 30.3 Å². The van der Waals surface area contributed by atoms with Gasteiger partial charge in [-0.05, 0) is 12.0 Å². The molecule has 2 N–H and O–H groups in total. The molecule has 0 fully saturated rings. The van der Waals surface area contributed by atoms with Crippen LogP contribution in [0.3, 0.4) is 0 Å². The molecule has 0 spiro atoms. The van der Waals surface area contributed by atoms with E-state index in [1.807, 2.05) is 51.1 Å². The van der Waals surface area contributed by atoms with Crippen molar-refractivity contribution in [3.05, 3.63) is 35.9 Å². The number of benzene rings is 1. The maximum atomic E-state index is 12.2. The molecule has 4 nitrogen and oxygen atoms in total. The Kier molecular flexibility index (Phi) is 5.10. The molecule has 0 bridgehead atoms. The molecule has 0 saturated heterocycles. The number of nitrogens with one attached hydrogen (secondary N) is 1. The minimum absolute atomic E-state index is 0.116. The highest BCUT2D eigenvalue weighted by Gasteiger charge is 2.28. The first kappa shape index (κ1) is 15.2. The van der Waals surface area contributed by atoms with Crippen molar-refractivity contribution >= 4 is 11.9 Å². The number of hydrogen-bond donors (Lipinski definition) is 2. The number of aliphatic carboxylic acids is 1. The fraction of sp³-hybridized carbons (Fsp3) is 0.467. The molecule has 19 heavy (non-hydrogen) atoms. The van der Waals surface area contributed by atoms with E-state index in [1.54, 1.807) is 0 Å². The number of rotatable bonds is 6. The summed E-state index contributed by atoms with van der Waals surface area (Å²) < 4.78 is 0. The Balaban J connectivity index is 2.88. The average Bonchev–Trinajstić information content (AvgIpc) is 2.38. The van der Waals surface area contributed by atoms with E-state index in [2.05, 4.69) is 5.32 Å². The highest BCUT2D eigenvalue weighted by atomic mass is 16.4. The van der Waals surface area contributed by atoms with Crippen LogP contribution >= 0.6 is 0 Å². The Bertz CT molecular complexity index is 440. The second-order valence-corrected chi connectivity index (χ2v) is 5.27. The quantitative estimate of drug-likeness (QED) is 0.829. The van der Waals surface area contributed by atoms with Gasteiger partial charge in [-0.2, -0.15) is 0 Å². The molecular weight excluding hydrogens is 242 g/mol. The van der Waals surface area contributed by atoms with Crippen molar-refractivity contribution in [2.75, 3.05) is 0 Å². The minimum atomic E-state index is -0.927. The third-order valence-corrected chi connectivity index (χ3v) is 3.38. The van der Waals surface area contributed by atoms with E-state index in [4.69, 9.17) is 5.11 Å². The van der Waals surface area contributed by atoms with Gasteiger partial charge in [0.1, 0.15) is 0 Å². The van der Waals surface area contributed by atoms with Crippen molar-refractivity contribution in [3.63, 3.8) is 0 Å². The Morgan fingerprint density at radius 3 is 2.32 bits per heavy atom. The van der Waals surface area contributed by atoms with Crippen LogP contribution in [0.5, 0.6) is 0 Å². The molecule has 0 radical (unpaired) electrons. The van der Waals surface area contributed by atoms with Gasteiger partial charge in [0.05, 0.1) is 12.5 Å². The molecule has 1 aromatic carbocycles. The van der Waals surface area contributed by atoms with Crippen LogP contribution in [0, 0.1) is 5.41 Å². The molecule has 0 aliphatic heterocycles. The second-order valence-electron chi connectivity index (χ2n) is 5.27. The summed E-state index contributed by atoms with van der Waals surface area (Å²) in [5, 5.41) is 11.8. The zero-order valence-electron chi connectivity index (χ0n) is 11.6. The Morgan fingerprint density at radius 2 is 1.84 bits per heavy atom. The molecule has 1 amide bonds. The van der Waals surface area contributed by atoms with E-state index in [-0.39, 0.29) is 12.3 Å². The molecule has 0 aliphatic rings. The highest BCUT2D eigenvalue weighted by molar-refractivity contribution is 5.82. The van der Waals surface area contributed by atoms with E-state index in [0.717, 1.165) is 5.56 Å². The van der Waals surface area contributed by atoms with E-state index < -0.39 is 17.4 Å². The fourth-order valence-corrected chi connectivity index (χ4v) is 1.63. The molecule has 4 heteroatoms. The van der Waals surface area contributed by atoms with Crippen LogP contribution < -0.4 is 5.32 Å². The van der Waals surface area contributed by atoms with Gasteiger partial charge >= 0.3 is 5.97 Å². The first-order valence-electron chi connectivity index (χ1n) is 6.44. The molecule has 0 saturated carbocycles. The summed E-state index contributed by atoms with van der Waals surface area (Å²) in [6.45, 7) is 5.64. The number of carboxylic acids is 1. The molecule has 0 aromatic heterocycles. The van der Waals surface area contributed by atoms with Gasteiger partial charge in [-0.3, -0.25) is 9.59 Å². The number of carbonyl (C=O) groups is 2. The van der Waals surface area contributed by atoms with E-state index in [1.165, 1.54) is 0 Å². The summed E-state index contributed by atoms with van der Waals surface area (Å²) in [6.07, 6.45) is 0.586. The summed E-state index contributed by atoms with van der Waals surface area (Å²) >= 11 is 0. The third-order valence-electron chi connectivity index (χ3n) is 3.38. The molecule has 0 unspecified atom stereocenters. The monoisotopic (exact) mass is 263 g/mol. The van der Waals surface area contributed by atoms with Crippen molar-refractivity contribution in [2.24, 2.45) is 5.41 Å². The largest absolute Gasteiger partial charge is 0.481 e. The summed E-state index contributed by atoms with van der Waals surface area (Å²) in [7, 11) is 0. The van der Waals surface area contributed by atoms with Gasteiger partial charge < -0.3 is 10.4 Å². The first-order chi connectivity index (χ1) is 8.86. The zero-order valence-corrected chi connectivity index (χ0v) is 11.6. The van der Waals surface area contributed by atoms with Gasteiger partial charge in [0, 0.05) is 5.41 Å². The molecule has 0 heterocycles. The lowest BCUT2D eigenvalue weighted by atomic mass is 9.88. The summed E-state index contributed by atoms with van der Waals surface area (Å²) in [4.78, 5) is 23.1. The SMILES string of the molecule is CCC(C)(C)C(=O)N[C@@H](CC(=O)O)c1ccccc1. The van der Waals surface area contributed by atoms with Gasteiger partial charge in [0.25, 0.3) is 0 Å². The zero-order chi connectivity index (χ0) is 14.5. The van der Waals surface area contributed by atoms with Crippen LogP contribution in [-0.2, 0) is 9.59 Å². The lowest BCUT2D eigenvalue weighted by Crippen LogP contribution is -2.39. The van der Waals surface area contributed by atoms with Gasteiger partial charge in [0.2, 0.25) is 5.91 Å². The van der Waals surface area contributed by atoms with Crippen molar-refractivity contribution in [1.82, 2.24) is 5.32 Å². The third kappa shape index (κ3) is 4.39. The number of amides is 1. The van der Waals surface area contributed by atoms with E-state index in [9.17, 15) is 9.59 Å². The average molecular weight is 263 g/mol. The molecule has 1 aromatic rings. The van der Waals surface area contributed by atoms with Crippen LogP contribution in [0.1, 0.15) is 45.2 Å². The Morgan fingerprint density at radius 1 is 1.26 bits per heavy atom. The van der Waals surface area contributed by atoms with Crippen LogP contribution in [0.4, 0.5) is 0 Å². The number of hydrogen-bond acceptors (Lipinski definition) is 2. The predicted octanol–water partition coefficient (Wildman–Crippen LogP) is 2.75. The van der Waals surface area contributed by atoms with Crippen LogP contribution in [0.2, 0.25) is 0 Å². The Labute approximate surface area is 113 Å². The molecule has 1 atom stereocenters. The van der Waals surface area contributed by atoms with E-state index >= 15 is 0 Å². The molecule has 1 rings (SSSR count). The molecule has 0 aliphatic carbocycles. The summed E-state index contributed by atoms with van der Waals surface area (Å²) in [5.74, 6) is -1.05. The van der Waals surface area contributed by atoms with Crippen molar-refractivity contribution in [2.45, 2.75) is 39.7 Å². The lowest BCUT2D eigenvalue weighted by molar-refractivity contribution is -0.138. The smallest absolute Gasteiger partial charge is 0.305 e. The maximum Gasteiger partial charge on any atom is 0.305 e. The van der Waals surface area contributed by atoms with Crippen LogP contribution in [0.25, 0.3) is 0 Å². The van der Waals surface area contributed by atoms with E-state index in [0.29, 0.717) is 6.42 Å². The second kappa shape index (κ2) is 6.36. The summed E-state index contributed by atoms with van der Waals surface area (Å²) in [5.41, 5.74) is 0.316. The molecule has 104 valence electrons. The highest BCUT2D eigenvalue weighted by Crippen LogP contribution is 2.23. The van der Waals surface area contributed by atoms with Gasteiger partial charge in [0.15, 0.2) is 0 Å². The van der Waals surface area contributed by atoms with Crippen molar-refractivity contribution < 1.29 is 14.7 Å². The maximum absolute atomic E-state index is 12.2. The standard InChI is InChI=1S/C15H21NO3/c1-4-15(2,3)14(19)16-12(10-13(17)18)11-8-6-5-7-9-11/h5-9,12H,4,10H2,1-3H3,(H,16,19)(H,17,18)/t12-/m0/s1. The van der Waals surface area contributed by atoms with Crippen molar-refractivity contribution in [1.29, 1.82) is 0 Å². The number of carboxylic acid groups (broad SMARTS) is 1. The number of carbonyl (C=O) groups excluding carboxylic acids is 1. The van der Waals surface area contributed by atoms with Gasteiger partial charge in [-0.1, -0.05) is 51.1 Å². The lowest BCUT2D eigenvalue weighted by Gasteiger charge is -2.26. The first-order valence-corrected chi connectivity index (χ1v) is 6.44. The van der Waals surface area contributed by atoms with Gasteiger partial charge in [-0.25, -0.2) is 0 Å². The normalized spacial score (nSPS) is 12.8. The van der Waals surface area contributed by atoms with Crippen molar-refractivity contribution in [3.8, 4) is 0 Å². The predicted molar refractivity (Wildman–Crippen MR) is 73.7 cm³/mol. The Hall–Kier alpha value is -1.84. The molecular formula is C15H21NO3. The minimum Gasteiger partial charge on any atom is -0.481 e. The fourth-order valence-electron chi connectivity index (χ4n) is 1.63. The summed E-state index contributed by atoms with van der Waals surface area (Å²) in [6, 6.07) is 8.69. The van der Waals surface area contributed by atoms with Crippen LogP contribution in [-0.4, -0.2) is 17.0 Å². The topological polar surface area (TPSA) is 66.4 Å².